The second kappa shape index (κ2) is 10.2. The molecule has 5 rings (SSSR count). The first-order valence-electron chi connectivity index (χ1n) is 11.5. The number of thiazole rings is 1. The smallest absolute Gasteiger partial charge is 0.224 e. The SMILES string of the molecule is O=C(Cc1ccnc(Nc2nc3ccc(C4C=CN=CC4)cc3s2)c1)NCCN1CCCC1. The number of aliphatic imine (C=N–C) groups is 1. The minimum absolute atomic E-state index is 0.0423. The van der Waals surface area contributed by atoms with E-state index in [-0.39, 0.29) is 5.91 Å². The number of rotatable bonds is 8. The van der Waals surface area contributed by atoms with Crippen molar-refractivity contribution in [2.75, 3.05) is 31.5 Å². The number of likely N-dealkylation sites (tertiary alicyclic amines) is 1. The summed E-state index contributed by atoms with van der Waals surface area (Å²) in [4.78, 5) is 28.0. The number of nitrogens with one attached hydrogen (secondary N) is 2. The zero-order valence-electron chi connectivity index (χ0n) is 18.5. The molecule has 1 aromatic carbocycles. The number of fused-ring (bicyclic) bond motifs is 1. The lowest BCUT2D eigenvalue weighted by molar-refractivity contribution is -0.120. The van der Waals surface area contributed by atoms with E-state index in [0.717, 1.165) is 47.0 Å². The van der Waals surface area contributed by atoms with Crippen LogP contribution >= 0.6 is 11.3 Å². The number of aromatic nitrogens is 2. The van der Waals surface area contributed by atoms with E-state index >= 15 is 0 Å². The molecule has 0 spiro atoms. The Balaban J connectivity index is 1.19. The van der Waals surface area contributed by atoms with E-state index < -0.39 is 0 Å². The summed E-state index contributed by atoms with van der Waals surface area (Å²) >= 11 is 1.61. The van der Waals surface area contributed by atoms with Crippen LogP contribution in [-0.2, 0) is 11.2 Å². The van der Waals surface area contributed by atoms with Gasteiger partial charge >= 0.3 is 0 Å². The summed E-state index contributed by atoms with van der Waals surface area (Å²) in [6, 6.07) is 10.2. The predicted molar refractivity (Wildman–Crippen MR) is 135 cm³/mol. The fourth-order valence-electron chi connectivity index (χ4n) is 4.31. The van der Waals surface area contributed by atoms with E-state index in [1.807, 2.05) is 24.5 Å². The molecule has 2 aliphatic heterocycles. The van der Waals surface area contributed by atoms with Crippen molar-refractivity contribution in [3.05, 3.63) is 59.9 Å². The minimum Gasteiger partial charge on any atom is -0.355 e. The number of carbonyl (C=O) groups excluding carboxylic acids is 1. The van der Waals surface area contributed by atoms with E-state index in [4.69, 9.17) is 4.98 Å². The van der Waals surface area contributed by atoms with Crippen molar-refractivity contribution in [2.45, 2.75) is 31.6 Å². The zero-order chi connectivity index (χ0) is 22.5. The average molecular weight is 461 g/mol. The molecule has 1 amide bonds. The average Bonchev–Trinajstić information content (AvgIpc) is 3.49. The normalized spacial score (nSPS) is 18.1. The molecule has 0 saturated carbocycles. The summed E-state index contributed by atoms with van der Waals surface area (Å²) < 4.78 is 1.14. The lowest BCUT2D eigenvalue weighted by Gasteiger charge is -2.14. The van der Waals surface area contributed by atoms with Crippen molar-refractivity contribution in [1.29, 1.82) is 0 Å². The molecule has 0 bridgehead atoms. The Morgan fingerprint density at radius 1 is 1.18 bits per heavy atom. The molecule has 1 atom stereocenters. The largest absolute Gasteiger partial charge is 0.355 e. The molecule has 2 aliphatic rings. The first-order valence-corrected chi connectivity index (χ1v) is 12.3. The molecule has 1 unspecified atom stereocenters. The van der Waals surface area contributed by atoms with Crippen LogP contribution < -0.4 is 10.6 Å². The van der Waals surface area contributed by atoms with Gasteiger partial charge in [-0.25, -0.2) is 9.97 Å². The summed E-state index contributed by atoms with van der Waals surface area (Å²) in [7, 11) is 0. The maximum absolute atomic E-state index is 12.3. The van der Waals surface area contributed by atoms with Crippen LogP contribution in [0.5, 0.6) is 0 Å². The molecule has 1 fully saturated rings. The van der Waals surface area contributed by atoms with E-state index in [0.29, 0.717) is 24.7 Å². The Hall–Kier alpha value is -3.10. The van der Waals surface area contributed by atoms with Crippen LogP contribution in [0.3, 0.4) is 0 Å². The first-order chi connectivity index (χ1) is 16.2. The molecule has 7 nitrogen and oxygen atoms in total. The molecule has 33 heavy (non-hydrogen) atoms. The van der Waals surface area contributed by atoms with Crippen molar-refractivity contribution in [3.63, 3.8) is 0 Å². The summed E-state index contributed by atoms with van der Waals surface area (Å²) in [5.74, 6) is 1.11. The quantitative estimate of drug-likeness (QED) is 0.525. The Labute approximate surface area is 197 Å². The summed E-state index contributed by atoms with van der Waals surface area (Å²) in [5.41, 5.74) is 3.17. The van der Waals surface area contributed by atoms with E-state index in [1.54, 1.807) is 17.5 Å². The van der Waals surface area contributed by atoms with Crippen molar-refractivity contribution < 1.29 is 4.79 Å². The van der Waals surface area contributed by atoms with Gasteiger partial charge in [0.25, 0.3) is 0 Å². The molecule has 3 aromatic rings. The number of benzene rings is 1. The Bertz CT molecular complexity index is 1180. The highest BCUT2D eigenvalue weighted by Gasteiger charge is 2.13. The van der Waals surface area contributed by atoms with Gasteiger partial charge < -0.3 is 15.5 Å². The molecule has 8 heteroatoms. The molecule has 0 radical (unpaired) electrons. The monoisotopic (exact) mass is 460 g/mol. The van der Waals surface area contributed by atoms with E-state index in [1.165, 1.54) is 18.4 Å². The number of anilines is 2. The highest BCUT2D eigenvalue weighted by atomic mass is 32.1. The lowest BCUT2D eigenvalue weighted by atomic mass is 9.95. The second-order valence-corrected chi connectivity index (χ2v) is 9.54. The lowest BCUT2D eigenvalue weighted by Crippen LogP contribution is -2.34. The van der Waals surface area contributed by atoms with Gasteiger partial charge in [0.15, 0.2) is 5.13 Å². The van der Waals surface area contributed by atoms with E-state index in [2.05, 4.69) is 49.8 Å². The molecular weight excluding hydrogens is 432 g/mol. The number of hydrogen-bond acceptors (Lipinski definition) is 7. The number of allylic oxidation sites excluding steroid dienone is 1. The van der Waals surface area contributed by atoms with Crippen LogP contribution in [0.2, 0.25) is 0 Å². The Morgan fingerprint density at radius 2 is 2.09 bits per heavy atom. The molecule has 2 aromatic heterocycles. The van der Waals surface area contributed by atoms with Gasteiger partial charge in [0, 0.05) is 37.6 Å². The maximum Gasteiger partial charge on any atom is 0.224 e. The maximum atomic E-state index is 12.3. The minimum atomic E-state index is 0.0423. The van der Waals surface area contributed by atoms with Gasteiger partial charge in [-0.1, -0.05) is 23.5 Å². The Kier molecular flexibility index (Phi) is 6.73. The first kappa shape index (κ1) is 21.7. The zero-order valence-corrected chi connectivity index (χ0v) is 19.4. The van der Waals surface area contributed by atoms with Crippen LogP contribution in [0, 0.1) is 0 Å². The number of amides is 1. The fraction of sp³-hybridized carbons (Fsp3) is 0.360. The number of hydrogen-bond donors (Lipinski definition) is 2. The molecule has 4 heterocycles. The van der Waals surface area contributed by atoms with Crippen LogP contribution in [0.25, 0.3) is 10.2 Å². The molecule has 1 saturated heterocycles. The van der Waals surface area contributed by atoms with Crippen molar-refractivity contribution >= 4 is 44.6 Å². The van der Waals surface area contributed by atoms with Gasteiger partial charge in [0.2, 0.25) is 5.91 Å². The Morgan fingerprint density at radius 3 is 2.94 bits per heavy atom. The van der Waals surface area contributed by atoms with Gasteiger partial charge in [-0.3, -0.25) is 9.79 Å². The van der Waals surface area contributed by atoms with Crippen molar-refractivity contribution in [2.24, 2.45) is 4.99 Å². The third-order valence-corrected chi connectivity index (χ3v) is 7.02. The van der Waals surface area contributed by atoms with Crippen LogP contribution in [0.15, 0.2) is 53.8 Å². The van der Waals surface area contributed by atoms with Crippen LogP contribution in [0.4, 0.5) is 10.9 Å². The highest BCUT2D eigenvalue weighted by molar-refractivity contribution is 7.22. The van der Waals surface area contributed by atoms with E-state index in [9.17, 15) is 4.79 Å². The highest BCUT2D eigenvalue weighted by Crippen LogP contribution is 2.32. The van der Waals surface area contributed by atoms with Gasteiger partial charge in [-0.15, -0.1) is 0 Å². The number of pyridine rings is 1. The van der Waals surface area contributed by atoms with Gasteiger partial charge in [-0.05, 0) is 67.7 Å². The predicted octanol–water partition coefficient (Wildman–Crippen LogP) is 4.26. The third kappa shape index (κ3) is 5.64. The third-order valence-electron chi connectivity index (χ3n) is 6.08. The number of nitrogens with zero attached hydrogens (tertiary/aromatic N) is 4. The van der Waals surface area contributed by atoms with Crippen molar-refractivity contribution in [3.8, 4) is 0 Å². The molecule has 0 aliphatic carbocycles. The fourth-order valence-corrected chi connectivity index (χ4v) is 5.23. The van der Waals surface area contributed by atoms with Gasteiger partial charge in [0.05, 0.1) is 16.6 Å². The number of carbonyl (C=O) groups is 1. The molecule has 2 N–H and O–H groups in total. The summed E-state index contributed by atoms with van der Waals surface area (Å²) in [6.07, 6.45) is 11.5. The summed E-state index contributed by atoms with van der Waals surface area (Å²) in [5, 5.41) is 7.14. The summed E-state index contributed by atoms with van der Waals surface area (Å²) in [6.45, 7) is 3.93. The van der Waals surface area contributed by atoms with Crippen LogP contribution in [-0.4, -0.2) is 53.2 Å². The molecule has 170 valence electrons. The topological polar surface area (TPSA) is 82.5 Å². The molecular formula is C25H28N6OS. The van der Waals surface area contributed by atoms with Crippen molar-refractivity contribution in [1.82, 2.24) is 20.2 Å². The van der Waals surface area contributed by atoms with Gasteiger partial charge in [0.1, 0.15) is 5.82 Å². The standard InChI is InChI=1S/C25H28N6OS/c32-24(28-11-14-31-12-1-2-13-31)16-18-5-10-27-23(15-18)30-25-29-21-4-3-20(17-22(21)33-25)19-6-8-26-9-7-19/h3-6,8-10,15,17,19H,1-2,7,11-14,16H2,(H,28,32)(H,27,29,30). The van der Waals surface area contributed by atoms with Gasteiger partial charge in [-0.2, -0.15) is 0 Å². The van der Waals surface area contributed by atoms with Crippen LogP contribution in [0.1, 0.15) is 36.3 Å². The second-order valence-electron chi connectivity index (χ2n) is 8.51.